The van der Waals surface area contributed by atoms with Crippen molar-refractivity contribution in [3.05, 3.63) is 24.3 Å². The average Bonchev–Trinajstić information content (AvgIpc) is 3.18. The minimum atomic E-state index is -0.746. The van der Waals surface area contributed by atoms with Gasteiger partial charge in [-0.2, -0.15) is 0 Å². The number of aliphatic carboxylic acids is 1. The Balaban J connectivity index is 1.56. The Hall–Kier alpha value is -2.41. The summed E-state index contributed by atoms with van der Waals surface area (Å²) in [6.45, 7) is 2.83. The molecule has 2 aliphatic heterocycles. The molecule has 0 bridgehead atoms. The molecule has 2 N–H and O–H groups in total. The lowest BCUT2D eigenvalue weighted by Gasteiger charge is -2.34. The standard InChI is InChI=1S/C19H23N3O4/c1-12(21-9-13-5-4-8-19(13,11-21)18(25)26)17(24)22-10-16(23)20-14-6-2-3-7-15(14)22/h2-3,6-7,12-13H,4-5,8-11H2,1H3,(H,20,23)(H,25,26)/t12?,13-,19+/m0/s1. The molecule has 1 aliphatic carbocycles. The molecule has 26 heavy (non-hydrogen) atoms. The van der Waals surface area contributed by atoms with E-state index < -0.39 is 17.4 Å². The van der Waals surface area contributed by atoms with Gasteiger partial charge in [-0.3, -0.25) is 24.2 Å². The van der Waals surface area contributed by atoms with E-state index in [4.69, 9.17) is 0 Å². The first kappa shape index (κ1) is 17.0. The molecule has 7 heteroatoms. The number of rotatable bonds is 3. The summed E-state index contributed by atoms with van der Waals surface area (Å²) in [5.41, 5.74) is 0.604. The minimum Gasteiger partial charge on any atom is -0.481 e. The van der Waals surface area contributed by atoms with Gasteiger partial charge in [0.05, 0.1) is 22.8 Å². The number of carboxylic acid groups (broad SMARTS) is 1. The molecule has 0 radical (unpaired) electrons. The van der Waals surface area contributed by atoms with E-state index in [0.29, 0.717) is 30.9 Å². The summed E-state index contributed by atoms with van der Waals surface area (Å²) in [4.78, 5) is 40.5. The number of amides is 2. The third-order valence-corrected chi connectivity index (χ3v) is 6.26. The van der Waals surface area contributed by atoms with Gasteiger partial charge in [-0.1, -0.05) is 18.6 Å². The fourth-order valence-corrected chi connectivity index (χ4v) is 4.78. The maximum Gasteiger partial charge on any atom is 0.311 e. The number of carboxylic acids is 1. The number of anilines is 2. The van der Waals surface area contributed by atoms with E-state index in [1.165, 1.54) is 4.90 Å². The minimum absolute atomic E-state index is 0.0124. The van der Waals surface area contributed by atoms with Gasteiger partial charge in [0.1, 0.15) is 6.54 Å². The van der Waals surface area contributed by atoms with Gasteiger partial charge in [0.15, 0.2) is 0 Å². The molecule has 2 fully saturated rings. The van der Waals surface area contributed by atoms with E-state index in [1.54, 1.807) is 6.07 Å². The summed E-state index contributed by atoms with van der Waals surface area (Å²) in [5, 5.41) is 12.5. The van der Waals surface area contributed by atoms with Gasteiger partial charge < -0.3 is 10.4 Å². The van der Waals surface area contributed by atoms with E-state index in [2.05, 4.69) is 5.32 Å². The highest BCUT2D eigenvalue weighted by atomic mass is 16.4. The van der Waals surface area contributed by atoms with E-state index in [-0.39, 0.29) is 24.3 Å². The average molecular weight is 357 g/mol. The van der Waals surface area contributed by atoms with Crippen LogP contribution in [0.2, 0.25) is 0 Å². The predicted octanol–water partition coefficient (Wildman–Crippen LogP) is 1.55. The molecule has 1 saturated carbocycles. The van der Waals surface area contributed by atoms with Crippen molar-refractivity contribution in [3.63, 3.8) is 0 Å². The number of nitrogens with zero attached hydrogens (tertiary/aromatic N) is 2. The largest absolute Gasteiger partial charge is 0.481 e. The molecule has 2 amide bonds. The van der Waals surface area contributed by atoms with Crippen LogP contribution in [0.1, 0.15) is 26.2 Å². The molecule has 0 aromatic heterocycles. The molecule has 3 aliphatic rings. The van der Waals surface area contributed by atoms with Gasteiger partial charge in [0.25, 0.3) is 0 Å². The first-order valence-corrected chi connectivity index (χ1v) is 9.10. The fourth-order valence-electron chi connectivity index (χ4n) is 4.78. The fraction of sp³-hybridized carbons (Fsp3) is 0.526. The first-order valence-electron chi connectivity index (χ1n) is 9.10. The number of para-hydroxylation sites is 2. The summed E-state index contributed by atoms with van der Waals surface area (Å²) >= 11 is 0. The number of likely N-dealkylation sites (tertiary alicyclic amines) is 1. The lowest BCUT2D eigenvalue weighted by molar-refractivity contribution is -0.149. The zero-order valence-corrected chi connectivity index (χ0v) is 14.8. The van der Waals surface area contributed by atoms with Crippen molar-refractivity contribution < 1.29 is 19.5 Å². The Kier molecular flexibility index (Phi) is 3.99. The van der Waals surface area contributed by atoms with Crippen LogP contribution >= 0.6 is 0 Å². The van der Waals surface area contributed by atoms with Gasteiger partial charge in [0.2, 0.25) is 11.8 Å². The third-order valence-electron chi connectivity index (χ3n) is 6.26. The molecule has 1 aromatic carbocycles. The van der Waals surface area contributed by atoms with Gasteiger partial charge in [-0.05, 0) is 37.8 Å². The van der Waals surface area contributed by atoms with Gasteiger partial charge >= 0.3 is 5.97 Å². The van der Waals surface area contributed by atoms with Crippen molar-refractivity contribution in [1.82, 2.24) is 4.90 Å². The highest BCUT2D eigenvalue weighted by molar-refractivity contribution is 6.11. The molecular weight excluding hydrogens is 334 g/mol. The van der Waals surface area contributed by atoms with Crippen LogP contribution in [0, 0.1) is 11.3 Å². The second kappa shape index (κ2) is 6.09. The SMILES string of the molecule is CC(C(=O)N1CC(=O)Nc2ccccc21)N1C[C@@H]2CCC[C@@]2(C(=O)O)C1. The van der Waals surface area contributed by atoms with Crippen molar-refractivity contribution in [2.75, 3.05) is 29.9 Å². The van der Waals surface area contributed by atoms with E-state index in [0.717, 1.165) is 12.8 Å². The van der Waals surface area contributed by atoms with Crippen LogP contribution in [-0.2, 0) is 14.4 Å². The Morgan fingerprint density at radius 2 is 2.12 bits per heavy atom. The van der Waals surface area contributed by atoms with Gasteiger partial charge in [-0.25, -0.2) is 0 Å². The number of carbonyl (C=O) groups is 3. The summed E-state index contributed by atoms with van der Waals surface area (Å²) in [6, 6.07) is 6.78. The lowest BCUT2D eigenvalue weighted by atomic mass is 9.81. The van der Waals surface area contributed by atoms with Crippen molar-refractivity contribution in [3.8, 4) is 0 Å². The molecule has 7 nitrogen and oxygen atoms in total. The van der Waals surface area contributed by atoms with Crippen molar-refractivity contribution in [2.45, 2.75) is 32.2 Å². The number of nitrogens with one attached hydrogen (secondary N) is 1. The first-order chi connectivity index (χ1) is 12.4. The van der Waals surface area contributed by atoms with Crippen LogP contribution in [-0.4, -0.2) is 53.5 Å². The molecule has 1 aromatic rings. The van der Waals surface area contributed by atoms with Crippen LogP contribution in [0.15, 0.2) is 24.3 Å². The molecule has 1 unspecified atom stereocenters. The zero-order chi connectivity index (χ0) is 18.5. The van der Waals surface area contributed by atoms with Crippen molar-refractivity contribution in [2.24, 2.45) is 11.3 Å². The quantitative estimate of drug-likeness (QED) is 0.857. The smallest absolute Gasteiger partial charge is 0.311 e. The van der Waals surface area contributed by atoms with Crippen molar-refractivity contribution >= 4 is 29.2 Å². The van der Waals surface area contributed by atoms with Crippen molar-refractivity contribution in [1.29, 1.82) is 0 Å². The van der Waals surface area contributed by atoms with Gasteiger partial charge in [-0.15, -0.1) is 0 Å². The number of carbonyl (C=O) groups excluding carboxylic acids is 2. The molecule has 1 saturated heterocycles. The lowest BCUT2D eigenvalue weighted by Crippen LogP contribution is -2.51. The van der Waals surface area contributed by atoms with Crippen LogP contribution in [0.3, 0.4) is 0 Å². The maximum absolute atomic E-state index is 13.1. The molecule has 0 spiro atoms. The summed E-state index contributed by atoms with van der Waals surface area (Å²) in [5.74, 6) is -1.02. The van der Waals surface area contributed by atoms with Crippen LogP contribution in [0.25, 0.3) is 0 Å². The summed E-state index contributed by atoms with van der Waals surface area (Å²) in [6.07, 6.45) is 2.52. The molecule has 3 atom stereocenters. The normalized spacial score (nSPS) is 29.0. The highest BCUT2D eigenvalue weighted by Gasteiger charge is 2.56. The van der Waals surface area contributed by atoms with E-state index >= 15 is 0 Å². The van der Waals surface area contributed by atoms with Crippen LogP contribution in [0.4, 0.5) is 11.4 Å². The second-order valence-electron chi connectivity index (χ2n) is 7.65. The summed E-state index contributed by atoms with van der Waals surface area (Å²) < 4.78 is 0. The molecule has 4 rings (SSSR count). The van der Waals surface area contributed by atoms with Crippen LogP contribution < -0.4 is 10.2 Å². The Morgan fingerprint density at radius 3 is 2.85 bits per heavy atom. The summed E-state index contributed by atoms with van der Waals surface area (Å²) in [7, 11) is 0. The van der Waals surface area contributed by atoms with E-state index in [1.807, 2.05) is 30.0 Å². The predicted molar refractivity (Wildman–Crippen MR) is 95.9 cm³/mol. The second-order valence-corrected chi connectivity index (χ2v) is 7.65. The third kappa shape index (κ3) is 2.49. The number of hydrogen-bond donors (Lipinski definition) is 2. The number of fused-ring (bicyclic) bond motifs is 2. The Morgan fingerprint density at radius 1 is 1.35 bits per heavy atom. The zero-order valence-electron chi connectivity index (χ0n) is 14.8. The Labute approximate surface area is 152 Å². The highest BCUT2D eigenvalue weighted by Crippen LogP contribution is 2.49. The molecular formula is C19H23N3O4. The molecule has 2 heterocycles. The molecule has 138 valence electrons. The van der Waals surface area contributed by atoms with E-state index in [9.17, 15) is 19.5 Å². The topological polar surface area (TPSA) is 90.0 Å². The van der Waals surface area contributed by atoms with Crippen LogP contribution in [0.5, 0.6) is 0 Å². The van der Waals surface area contributed by atoms with Gasteiger partial charge in [0, 0.05) is 13.1 Å². The monoisotopic (exact) mass is 357 g/mol. The number of hydrogen-bond acceptors (Lipinski definition) is 4. The number of benzene rings is 1. The Bertz CT molecular complexity index is 780. The maximum atomic E-state index is 13.1.